The van der Waals surface area contributed by atoms with Crippen LogP contribution < -0.4 is 26.6 Å². The molecule has 8 heteroatoms. The second-order valence-electron chi connectivity index (χ2n) is 9.32. The van der Waals surface area contributed by atoms with E-state index in [0.717, 1.165) is 48.3 Å². The molecule has 2 amide bonds. The molecule has 2 fully saturated rings. The Kier molecular flexibility index (Phi) is 6.57. The van der Waals surface area contributed by atoms with Gasteiger partial charge in [-0.2, -0.15) is 0 Å². The highest BCUT2D eigenvalue weighted by atomic mass is 16.5. The third-order valence-corrected chi connectivity index (χ3v) is 7.14. The predicted molar refractivity (Wildman–Crippen MR) is 134 cm³/mol. The molecule has 0 aromatic heterocycles. The molecule has 0 spiro atoms. The first-order chi connectivity index (χ1) is 17.0. The van der Waals surface area contributed by atoms with Gasteiger partial charge in [-0.15, -0.1) is 0 Å². The Morgan fingerprint density at radius 3 is 2.43 bits per heavy atom. The second kappa shape index (κ2) is 9.93. The fourth-order valence-electron chi connectivity index (χ4n) is 5.41. The molecule has 1 saturated heterocycles. The van der Waals surface area contributed by atoms with Crippen molar-refractivity contribution in [2.75, 3.05) is 0 Å². The van der Waals surface area contributed by atoms with E-state index in [2.05, 4.69) is 33.8 Å². The topological polar surface area (TPSA) is 109 Å². The summed E-state index contributed by atoms with van der Waals surface area (Å²) >= 11 is 0. The van der Waals surface area contributed by atoms with E-state index in [1.807, 2.05) is 54.6 Å². The molecule has 3 unspecified atom stereocenters. The van der Waals surface area contributed by atoms with Crippen LogP contribution in [0.2, 0.25) is 0 Å². The van der Waals surface area contributed by atoms with Crippen LogP contribution in [0.1, 0.15) is 31.2 Å². The summed E-state index contributed by atoms with van der Waals surface area (Å²) in [5.74, 6) is 1.13. The number of nitrogens with zero attached hydrogens (tertiary/aromatic N) is 1. The average Bonchev–Trinajstić information content (AvgIpc) is 3.30. The first-order valence-corrected chi connectivity index (χ1v) is 12.1. The lowest BCUT2D eigenvalue weighted by molar-refractivity contribution is -0.131. The number of nitrogens with one attached hydrogen (secondary N) is 3. The monoisotopic (exact) mass is 473 g/mol. The zero-order valence-electron chi connectivity index (χ0n) is 19.5. The van der Waals surface area contributed by atoms with E-state index in [1.165, 1.54) is 6.08 Å². The Bertz CT molecular complexity index is 1110. The molecule has 35 heavy (non-hydrogen) atoms. The van der Waals surface area contributed by atoms with Crippen molar-refractivity contribution in [1.29, 1.82) is 0 Å². The number of hydrogen-bond donors (Lipinski definition) is 4. The highest BCUT2D eigenvalue weighted by Crippen LogP contribution is 2.41. The van der Waals surface area contributed by atoms with Crippen molar-refractivity contribution in [2.24, 2.45) is 11.7 Å². The van der Waals surface area contributed by atoms with Gasteiger partial charge in [0.15, 0.2) is 0 Å². The molecule has 3 aliphatic rings. The van der Waals surface area contributed by atoms with Crippen molar-refractivity contribution in [3.63, 3.8) is 0 Å². The van der Waals surface area contributed by atoms with Gasteiger partial charge in [0.25, 0.3) is 5.91 Å². The van der Waals surface area contributed by atoms with Crippen LogP contribution in [0.25, 0.3) is 5.57 Å². The first-order valence-electron chi connectivity index (χ1n) is 12.1. The molecule has 1 saturated carbocycles. The third-order valence-electron chi connectivity index (χ3n) is 7.14. The minimum absolute atomic E-state index is 0.0749. The molecule has 5 rings (SSSR count). The maximum Gasteiger partial charge on any atom is 0.257 e. The number of carbonyl (C=O) groups is 2. The van der Waals surface area contributed by atoms with Crippen LogP contribution in [0, 0.1) is 5.92 Å². The molecule has 182 valence electrons. The number of hydrazine groups is 1. The molecule has 2 heterocycles. The highest BCUT2D eigenvalue weighted by Gasteiger charge is 2.48. The van der Waals surface area contributed by atoms with Crippen LogP contribution in [0.3, 0.4) is 0 Å². The van der Waals surface area contributed by atoms with Gasteiger partial charge in [0, 0.05) is 24.2 Å². The van der Waals surface area contributed by atoms with Crippen LogP contribution in [-0.2, 0) is 9.59 Å². The molecular weight excluding hydrogens is 442 g/mol. The van der Waals surface area contributed by atoms with Crippen molar-refractivity contribution < 1.29 is 14.3 Å². The SMILES string of the molecule is C=CC(=O)NC1CCC(N2C=C(c3ccc(Oc4ccccc4)cc3)C3C(N)NNC(=O)C32)CC1. The molecule has 8 nitrogen and oxygen atoms in total. The van der Waals surface area contributed by atoms with Gasteiger partial charge in [-0.25, -0.2) is 5.43 Å². The van der Waals surface area contributed by atoms with E-state index < -0.39 is 6.17 Å². The zero-order chi connectivity index (χ0) is 24.4. The van der Waals surface area contributed by atoms with Gasteiger partial charge in [0.05, 0.1) is 6.17 Å². The lowest BCUT2D eigenvalue weighted by atomic mass is 9.85. The molecule has 2 aliphatic heterocycles. The fourth-order valence-corrected chi connectivity index (χ4v) is 5.41. The van der Waals surface area contributed by atoms with Gasteiger partial charge in [0.1, 0.15) is 17.5 Å². The molecule has 2 aromatic rings. The summed E-state index contributed by atoms with van der Waals surface area (Å²) in [5.41, 5.74) is 14.2. The maximum absolute atomic E-state index is 13.0. The highest BCUT2D eigenvalue weighted by molar-refractivity contribution is 5.89. The Morgan fingerprint density at radius 1 is 1.06 bits per heavy atom. The summed E-state index contributed by atoms with van der Waals surface area (Å²) < 4.78 is 5.94. The van der Waals surface area contributed by atoms with Gasteiger partial charge in [0.2, 0.25) is 5.91 Å². The molecule has 0 bridgehead atoms. The van der Waals surface area contributed by atoms with Crippen LogP contribution in [-0.4, -0.2) is 41.0 Å². The summed E-state index contributed by atoms with van der Waals surface area (Å²) in [4.78, 5) is 26.8. The van der Waals surface area contributed by atoms with Crippen molar-refractivity contribution in [3.05, 3.63) is 79.0 Å². The largest absolute Gasteiger partial charge is 0.457 e. The maximum atomic E-state index is 13.0. The van der Waals surface area contributed by atoms with E-state index in [9.17, 15) is 9.59 Å². The van der Waals surface area contributed by atoms with Crippen molar-refractivity contribution in [3.8, 4) is 11.5 Å². The Labute approximate surface area is 205 Å². The quantitative estimate of drug-likeness (QED) is 0.481. The average molecular weight is 474 g/mol. The van der Waals surface area contributed by atoms with E-state index >= 15 is 0 Å². The Morgan fingerprint density at radius 2 is 1.74 bits per heavy atom. The predicted octanol–water partition coefficient (Wildman–Crippen LogP) is 2.65. The number of amides is 2. The molecular formula is C27H31N5O3. The number of para-hydroxylation sites is 1. The first kappa shape index (κ1) is 23.1. The van der Waals surface area contributed by atoms with Crippen molar-refractivity contribution in [2.45, 2.75) is 50.0 Å². The Hall–Kier alpha value is -3.62. The number of hydrogen-bond acceptors (Lipinski definition) is 6. The minimum atomic E-state index is -0.405. The number of benzene rings is 2. The fraction of sp³-hybridized carbons (Fsp3) is 0.333. The van der Waals surface area contributed by atoms with Crippen LogP contribution >= 0.6 is 0 Å². The molecule has 3 atom stereocenters. The number of ether oxygens (including phenoxy) is 1. The number of nitrogens with two attached hydrogens (primary N) is 1. The van der Waals surface area contributed by atoms with E-state index in [1.54, 1.807) is 0 Å². The van der Waals surface area contributed by atoms with Crippen LogP contribution in [0.4, 0.5) is 0 Å². The summed E-state index contributed by atoms with van der Waals surface area (Å²) in [6.07, 6.45) is 6.50. The number of rotatable bonds is 6. The molecule has 1 aliphatic carbocycles. The van der Waals surface area contributed by atoms with Gasteiger partial charge in [-0.3, -0.25) is 15.0 Å². The molecule has 2 aromatic carbocycles. The van der Waals surface area contributed by atoms with E-state index in [0.29, 0.717) is 0 Å². The molecule has 5 N–H and O–H groups in total. The van der Waals surface area contributed by atoms with Gasteiger partial charge < -0.3 is 20.7 Å². The summed E-state index contributed by atoms with van der Waals surface area (Å²) in [5, 5.41) is 3.00. The van der Waals surface area contributed by atoms with Gasteiger partial charge in [-0.1, -0.05) is 36.9 Å². The lowest BCUT2D eigenvalue weighted by Crippen LogP contribution is -2.67. The summed E-state index contributed by atoms with van der Waals surface area (Å²) in [6, 6.07) is 17.5. The van der Waals surface area contributed by atoms with Crippen LogP contribution in [0.5, 0.6) is 11.5 Å². The smallest absolute Gasteiger partial charge is 0.257 e. The van der Waals surface area contributed by atoms with E-state index in [-0.39, 0.29) is 35.9 Å². The molecule has 0 radical (unpaired) electrons. The van der Waals surface area contributed by atoms with Gasteiger partial charge in [-0.05, 0) is 67.2 Å². The third kappa shape index (κ3) is 4.80. The second-order valence-corrected chi connectivity index (χ2v) is 9.32. The minimum Gasteiger partial charge on any atom is -0.457 e. The summed E-state index contributed by atoms with van der Waals surface area (Å²) in [7, 11) is 0. The number of carbonyl (C=O) groups excluding carboxylic acids is 2. The van der Waals surface area contributed by atoms with Crippen LogP contribution in [0.15, 0.2) is 73.5 Å². The normalized spacial score (nSPS) is 27.9. The van der Waals surface area contributed by atoms with E-state index in [4.69, 9.17) is 10.5 Å². The number of fused-ring (bicyclic) bond motifs is 1. The van der Waals surface area contributed by atoms with Crippen molar-refractivity contribution in [1.82, 2.24) is 21.1 Å². The standard InChI is InChI=1S/C27H31N5O3/c1-2-23(33)29-18-10-12-19(13-11-18)32-16-22(24-25(32)27(34)31-30-26(24)28)17-8-14-21(15-9-17)35-20-6-4-3-5-7-20/h2-9,14-16,18-19,24-26,30H,1,10-13,28H2,(H,29,33)(H,31,34). The Balaban J connectivity index is 1.36. The zero-order valence-corrected chi connectivity index (χ0v) is 19.5. The lowest BCUT2D eigenvalue weighted by Gasteiger charge is -2.42. The van der Waals surface area contributed by atoms with Gasteiger partial charge >= 0.3 is 0 Å². The summed E-state index contributed by atoms with van der Waals surface area (Å²) in [6.45, 7) is 3.53. The van der Waals surface area contributed by atoms with Crippen molar-refractivity contribution >= 4 is 17.4 Å².